The van der Waals surface area contributed by atoms with Gasteiger partial charge in [0.05, 0.1) is 19.3 Å². The van der Waals surface area contributed by atoms with Crippen LogP contribution in [0.25, 0.3) is 10.6 Å². The van der Waals surface area contributed by atoms with Gasteiger partial charge in [-0.1, -0.05) is 6.07 Å². The lowest BCUT2D eigenvalue weighted by Crippen LogP contribution is -2.41. The zero-order valence-corrected chi connectivity index (χ0v) is 18.4. The van der Waals surface area contributed by atoms with Crippen LogP contribution in [-0.4, -0.2) is 42.1 Å². The molecule has 2 aliphatic heterocycles. The summed E-state index contributed by atoms with van der Waals surface area (Å²) in [4.78, 5) is 31.8. The molecule has 1 fully saturated rings. The number of hydrogen-bond acceptors (Lipinski definition) is 7. The minimum absolute atomic E-state index is 0.0947. The van der Waals surface area contributed by atoms with E-state index in [2.05, 4.69) is 10.3 Å². The number of benzene rings is 2. The smallest absolute Gasteiger partial charge is 0.325 e. The van der Waals surface area contributed by atoms with Crippen LogP contribution in [0.1, 0.15) is 18.2 Å². The number of amides is 3. The van der Waals surface area contributed by atoms with E-state index in [-0.39, 0.29) is 12.5 Å². The molecule has 3 amide bonds. The van der Waals surface area contributed by atoms with Crippen LogP contribution in [0.15, 0.2) is 47.8 Å². The Morgan fingerprint density at radius 2 is 1.88 bits per heavy atom. The van der Waals surface area contributed by atoms with Crippen LogP contribution in [0.3, 0.4) is 0 Å². The molecule has 164 valence electrons. The summed E-state index contributed by atoms with van der Waals surface area (Å²) in [5, 5.41) is 5.50. The number of fused-ring (bicyclic) bond motifs is 1. The molecule has 0 spiro atoms. The van der Waals surface area contributed by atoms with Gasteiger partial charge in [0.2, 0.25) is 0 Å². The molecule has 1 atom stereocenters. The third kappa shape index (κ3) is 3.44. The second-order valence-corrected chi connectivity index (χ2v) is 8.54. The van der Waals surface area contributed by atoms with E-state index in [0.29, 0.717) is 36.0 Å². The first-order valence-electron chi connectivity index (χ1n) is 10.1. The maximum Gasteiger partial charge on any atom is 0.325 e. The number of hydrogen-bond donors (Lipinski definition) is 1. The highest BCUT2D eigenvalue weighted by atomic mass is 32.1. The highest BCUT2D eigenvalue weighted by Crippen LogP contribution is 2.37. The number of ether oxygens (including phenoxy) is 3. The van der Waals surface area contributed by atoms with Crippen LogP contribution < -0.4 is 19.5 Å². The van der Waals surface area contributed by atoms with Crippen molar-refractivity contribution in [1.82, 2.24) is 15.2 Å². The number of aromatic nitrogens is 1. The quantitative estimate of drug-likeness (QED) is 0.597. The molecule has 3 aromatic rings. The van der Waals surface area contributed by atoms with Crippen LogP contribution in [-0.2, 0) is 16.9 Å². The minimum atomic E-state index is -1.19. The number of urea groups is 1. The molecule has 3 heterocycles. The Balaban J connectivity index is 1.36. The van der Waals surface area contributed by atoms with Crippen molar-refractivity contribution in [3.8, 4) is 27.8 Å². The number of nitrogens with zero attached hydrogens (tertiary/aromatic N) is 2. The van der Waals surface area contributed by atoms with Crippen molar-refractivity contribution in [3.05, 3.63) is 59.1 Å². The molecule has 1 aromatic heterocycles. The van der Waals surface area contributed by atoms with Gasteiger partial charge in [0.25, 0.3) is 5.91 Å². The van der Waals surface area contributed by atoms with E-state index < -0.39 is 11.6 Å². The summed E-state index contributed by atoms with van der Waals surface area (Å²) in [6, 6.07) is 12.4. The van der Waals surface area contributed by atoms with Gasteiger partial charge in [-0.2, -0.15) is 0 Å². The van der Waals surface area contributed by atoms with E-state index in [1.54, 1.807) is 32.2 Å². The molecule has 1 N–H and O–H groups in total. The molecule has 1 saturated heterocycles. The molecule has 2 aliphatic rings. The number of nitrogens with one attached hydrogen (secondary N) is 1. The fraction of sp³-hybridized carbons (Fsp3) is 0.261. The van der Waals surface area contributed by atoms with E-state index in [0.717, 1.165) is 16.3 Å². The number of imide groups is 1. The monoisotopic (exact) mass is 451 g/mol. The first-order valence-corrected chi connectivity index (χ1v) is 11.0. The van der Waals surface area contributed by atoms with E-state index >= 15 is 0 Å². The van der Waals surface area contributed by atoms with Gasteiger partial charge in [0.15, 0.2) is 11.5 Å². The summed E-state index contributed by atoms with van der Waals surface area (Å²) < 4.78 is 16.4. The zero-order chi connectivity index (χ0) is 22.3. The molecule has 5 rings (SSSR count). The highest BCUT2D eigenvalue weighted by molar-refractivity contribution is 7.13. The third-order valence-corrected chi connectivity index (χ3v) is 6.54. The van der Waals surface area contributed by atoms with Crippen molar-refractivity contribution < 1.29 is 23.8 Å². The predicted molar refractivity (Wildman–Crippen MR) is 118 cm³/mol. The van der Waals surface area contributed by atoms with E-state index in [1.807, 2.05) is 29.6 Å². The zero-order valence-electron chi connectivity index (χ0n) is 17.6. The van der Waals surface area contributed by atoms with Crippen molar-refractivity contribution >= 4 is 23.3 Å². The maximum atomic E-state index is 13.3. The van der Waals surface area contributed by atoms with Crippen LogP contribution in [0.2, 0.25) is 0 Å². The SMILES string of the molecule is COc1ccc(-c2nc(CN3C(=O)NC(C)(c4ccc5c(c4)OCCO5)C3=O)cs2)cc1. The fourth-order valence-corrected chi connectivity index (χ4v) is 4.62. The lowest BCUT2D eigenvalue weighted by atomic mass is 9.91. The summed E-state index contributed by atoms with van der Waals surface area (Å²) in [5.74, 6) is 1.63. The van der Waals surface area contributed by atoms with Crippen molar-refractivity contribution in [2.45, 2.75) is 19.0 Å². The normalized spacial score (nSPS) is 19.8. The number of carbonyl (C=O) groups is 2. The van der Waals surface area contributed by atoms with Gasteiger partial charge in [-0.3, -0.25) is 9.69 Å². The topological polar surface area (TPSA) is 90.0 Å². The van der Waals surface area contributed by atoms with Gasteiger partial charge in [-0.15, -0.1) is 11.3 Å². The number of rotatable bonds is 5. The molecule has 2 aromatic carbocycles. The molecule has 9 heteroatoms. The van der Waals surface area contributed by atoms with Gasteiger partial charge >= 0.3 is 6.03 Å². The lowest BCUT2D eigenvalue weighted by Gasteiger charge is -2.25. The van der Waals surface area contributed by atoms with Crippen molar-refractivity contribution in [2.75, 3.05) is 20.3 Å². The Kier molecular flexibility index (Phi) is 4.97. The van der Waals surface area contributed by atoms with Crippen LogP contribution >= 0.6 is 11.3 Å². The number of thiazole rings is 1. The van der Waals surface area contributed by atoms with Crippen LogP contribution in [0, 0.1) is 0 Å². The predicted octanol–water partition coefficient (Wildman–Crippen LogP) is 3.56. The third-order valence-electron chi connectivity index (χ3n) is 5.60. The summed E-state index contributed by atoms with van der Waals surface area (Å²) in [5.41, 5.74) is 1.04. The fourth-order valence-electron chi connectivity index (χ4n) is 3.80. The Morgan fingerprint density at radius 3 is 2.62 bits per heavy atom. The Bertz CT molecular complexity index is 1190. The number of carbonyl (C=O) groups excluding carboxylic acids is 2. The second kappa shape index (κ2) is 7.83. The Hall–Kier alpha value is -3.59. The van der Waals surface area contributed by atoms with E-state index in [9.17, 15) is 9.59 Å². The van der Waals surface area contributed by atoms with Gasteiger partial charge in [-0.25, -0.2) is 9.78 Å². The standard InChI is InChI=1S/C23H21N3O5S/c1-23(15-5-8-18-19(11-15)31-10-9-30-18)21(27)26(22(28)25-23)12-16-13-32-20(24-16)14-3-6-17(29-2)7-4-14/h3-8,11,13H,9-10,12H2,1-2H3,(H,25,28). The van der Waals surface area contributed by atoms with Crippen LogP contribution in [0.4, 0.5) is 4.79 Å². The molecule has 0 saturated carbocycles. The van der Waals surface area contributed by atoms with Gasteiger partial charge in [0.1, 0.15) is 29.5 Å². The van der Waals surface area contributed by atoms with Gasteiger partial charge < -0.3 is 19.5 Å². The molecule has 0 radical (unpaired) electrons. The van der Waals surface area contributed by atoms with E-state index in [1.165, 1.54) is 16.2 Å². The summed E-state index contributed by atoms with van der Waals surface area (Å²) in [7, 11) is 1.62. The molecule has 0 bridgehead atoms. The van der Waals surface area contributed by atoms with E-state index in [4.69, 9.17) is 14.2 Å². The summed E-state index contributed by atoms with van der Waals surface area (Å²) in [6.45, 7) is 2.72. The molecule has 1 unspecified atom stereocenters. The average molecular weight is 452 g/mol. The first kappa shape index (κ1) is 20.3. The number of methoxy groups -OCH3 is 1. The molecule has 32 heavy (non-hydrogen) atoms. The van der Waals surface area contributed by atoms with Gasteiger partial charge in [0, 0.05) is 10.9 Å². The van der Waals surface area contributed by atoms with Crippen molar-refractivity contribution in [3.63, 3.8) is 0 Å². The summed E-state index contributed by atoms with van der Waals surface area (Å²) in [6.07, 6.45) is 0. The molecular formula is C23H21N3O5S. The largest absolute Gasteiger partial charge is 0.497 e. The van der Waals surface area contributed by atoms with Crippen molar-refractivity contribution in [2.24, 2.45) is 0 Å². The molecule has 0 aliphatic carbocycles. The van der Waals surface area contributed by atoms with Crippen molar-refractivity contribution in [1.29, 1.82) is 0 Å². The maximum absolute atomic E-state index is 13.3. The van der Waals surface area contributed by atoms with Gasteiger partial charge in [-0.05, 0) is 48.9 Å². The Labute approximate surface area is 188 Å². The molecule has 8 nitrogen and oxygen atoms in total. The Morgan fingerprint density at radius 1 is 1.12 bits per heavy atom. The second-order valence-electron chi connectivity index (χ2n) is 7.68. The minimum Gasteiger partial charge on any atom is -0.497 e. The molecular weight excluding hydrogens is 430 g/mol. The lowest BCUT2D eigenvalue weighted by molar-refractivity contribution is -0.131. The average Bonchev–Trinajstić information content (AvgIpc) is 3.38. The summed E-state index contributed by atoms with van der Waals surface area (Å²) >= 11 is 1.46. The van der Waals surface area contributed by atoms with Crippen LogP contribution in [0.5, 0.6) is 17.2 Å². The first-order chi connectivity index (χ1) is 15.5. The highest BCUT2D eigenvalue weighted by Gasteiger charge is 2.49.